The van der Waals surface area contributed by atoms with Gasteiger partial charge in [-0.25, -0.2) is 0 Å². The second-order valence-corrected chi connectivity index (χ2v) is 8.86. The topological polar surface area (TPSA) is 103 Å². The quantitative estimate of drug-likeness (QED) is 0.664. The average molecular weight is 400 g/mol. The Bertz CT molecular complexity index is 906. The number of carbonyl (C=O) groups is 2. The summed E-state index contributed by atoms with van der Waals surface area (Å²) in [5.74, 6) is 0.378. The summed E-state index contributed by atoms with van der Waals surface area (Å²) in [4.78, 5) is 23.8. The third kappa shape index (κ3) is 4.22. The summed E-state index contributed by atoms with van der Waals surface area (Å²) in [6.45, 7) is 1.88. The number of nitrogens with one attached hydrogen (secondary N) is 1. The van der Waals surface area contributed by atoms with Crippen LogP contribution >= 0.6 is 11.8 Å². The Balaban J connectivity index is 1.42. The van der Waals surface area contributed by atoms with E-state index in [-0.39, 0.29) is 23.5 Å². The molecule has 0 bridgehead atoms. The Labute approximate surface area is 168 Å². The van der Waals surface area contributed by atoms with Crippen molar-refractivity contribution in [1.29, 1.82) is 0 Å². The molecule has 0 saturated heterocycles. The molecular formula is C20H25N5O2S. The number of hydrogen-bond acceptors (Lipinski definition) is 5. The second kappa shape index (κ2) is 7.95. The predicted molar refractivity (Wildman–Crippen MR) is 108 cm³/mol. The fraction of sp³-hybridized carbons (Fsp3) is 0.500. The number of amides is 2. The summed E-state index contributed by atoms with van der Waals surface area (Å²) in [6, 6.07) is 6.55. The largest absolute Gasteiger partial charge is 0.370 e. The summed E-state index contributed by atoms with van der Waals surface area (Å²) >= 11 is 1.41. The van der Waals surface area contributed by atoms with Gasteiger partial charge in [-0.15, -0.1) is 10.2 Å². The van der Waals surface area contributed by atoms with Crippen LogP contribution in [0.25, 0.3) is 0 Å². The number of primary amides is 1. The van der Waals surface area contributed by atoms with E-state index in [1.54, 1.807) is 0 Å². The van der Waals surface area contributed by atoms with E-state index in [0.29, 0.717) is 12.5 Å². The van der Waals surface area contributed by atoms with Gasteiger partial charge in [-0.05, 0) is 62.3 Å². The normalized spacial score (nSPS) is 16.6. The van der Waals surface area contributed by atoms with Gasteiger partial charge in [-0.1, -0.05) is 17.8 Å². The minimum Gasteiger partial charge on any atom is -0.370 e. The van der Waals surface area contributed by atoms with E-state index in [4.69, 9.17) is 5.73 Å². The number of aryl methyl sites for hydroxylation is 3. The highest BCUT2D eigenvalue weighted by Gasteiger charge is 2.31. The molecular weight excluding hydrogens is 374 g/mol. The number of nitrogens with zero attached hydrogens (tertiary/aromatic N) is 3. The molecule has 8 heteroatoms. The van der Waals surface area contributed by atoms with Crippen molar-refractivity contribution in [3.8, 4) is 0 Å². The van der Waals surface area contributed by atoms with Crippen LogP contribution in [0.3, 0.4) is 0 Å². The smallest absolute Gasteiger partial charge is 0.237 e. The molecule has 3 N–H and O–H groups in total. The zero-order valence-electron chi connectivity index (χ0n) is 16.0. The van der Waals surface area contributed by atoms with E-state index in [1.807, 2.05) is 13.0 Å². The minimum absolute atomic E-state index is 0.0491. The molecule has 1 atom stereocenters. The summed E-state index contributed by atoms with van der Waals surface area (Å²) in [6.07, 6.45) is 6.29. The summed E-state index contributed by atoms with van der Waals surface area (Å²) in [7, 11) is 0. The van der Waals surface area contributed by atoms with Crippen molar-refractivity contribution in [2.75, 3.05) is 5.32 Å². The molecule has 2 aliphatic rings. The first-order chi connectivity index (χ1) is 13.5. The SMILES string of the molecule is C[C@@H](Sc1nnc(CCC(N)=O)n1C1CC1)C(=O)Nc1ccc2c(c1)CCC2. The molecule has 7 nitrogen and oxygen atoms in total. The van der Waals surface area contributed by atoms with Crippen LogP contribution in [-0.4, -0.2) is 31.8 Å². The number of anilines is 1. The van der Waals surface area contributed by atoms with E-state index in [1.165, 1.54) is 29.3 Å². The lowest BCUT2D eigenvalue weighted by atomic mass is 10.1. The molecule has 4 rings (SSSR count). The zero-order chi connectivity index (χ0) is 19.7. The fourth-order valence-corrected chi connectivity index (χ4v) is 4.54. The van der Waals surface area contributed by atoms with Crippen molar-refractivity contribution >= 4 is 29.3 Å². The van der Waals surface area contributed by atoms with E-state index < -0.39 is 0 Å². The van der Waals surface area contributed by atoms with Crippen LogP contribution in [0, 0.1) is 0 Å². The van der Waals surface area contributed by atoms with Gasteiger partial charge < -0.3 is 15.6 Å². The molecule has 2 aliphatic carbocycles. The number of fused-ring (bicyclic) bond motifs is 1. The second-order valence-electron chi connectivity index (χ2n) is 7.55. The molecule has 2 aromatic rings. The number of hydrogen-bond donors (Lipinski definition) is 2. The van der Waals surface area contributed by atoms with Crippen LogP contribution in [0.5, 0.6) is 0 Å². The van der Waals surface area contributed by atoms with Gasteiger partial charge in [0.25, 0.3) is 0 Å². The fourth-order valence-electron chi connectivity index (χ4n) is 3.60. The van der Waals surface area contributed by atoms with E-state index >= 15 is 0 Å². The van der Waals surface area contributed by atoms with Crippen molar-refractivity contribution in [2.24, 2.45) is 5.73 Å². The maximum Gasteiger partial charge on any atom is 0.237 e. The lowest BCUT2D eigenvalue weighted by Gasteiger charge is -2.14. The van der Waals surface area contributed by atoms with Crippen molar-refractivity contribution < 1.29 is 9.59 Å². The van der Waals surface area contributed by atoms with Crippen LogP contribution in [-0.2, 0) is 28.9 Å². The number of thioether (sulfide) groups is 1. The van der Waals surface area contributed by atoms with Gasteiger partial charge in [0.2, 0.25) is 11.8 Å². The van der Waals surface area contributed by atoms with Crippen LogP contribution < -0.4 is 11.1 Å². The Hall–Kier alpha value is -2.35. The molecule has 148 valence electrons. The van der Waals surface area contributed by atoms with Gasteiger partial charge in [0, 0.05) is 24.6 Å². The number of carbonyl (C=O) groups excluding carboxylic acids is 2. The van der Waals surface area contributed by atoms with E-state index in [9.17, 15) is 9.59 Å². The van der Waals surface area contributed by atoms with Crippen molar-refractivity contribution in [3.05, 3.63) is 35.2 Å². The Morgan fingerprint density at radius 2 is 2.07 bits per heavy atom. The first-order valence-corrected chi connectivity index (χ1v) is 10.7. The molecule has 1 heterocycles. The minimum atomic E-state index is -0.346. The van der Waals surface area contributed by atoms with Crippen LogP contribution in [0.1, 0.15) is 55.6 Å². The van der Waals surface area contributed by atoms with Gasteiger partial charge in [0.1, 0.15) is 5.82 Å². The van der Waals surface area contributed by atoms with Crippen molar-refractivity contribution in [1.82, 2.24) is 14.8 Å². The summed E-state index contributed by atoms with van der Waals surface area (Å²) < 4.78 is 2.08. The highest BCUT2D eigenvalue weighted by atomic mass is 32.2. The van der Waals surface area contributed by atoms with Crippen LogP contribution in [0.4, 0.5) is 5.69 Å². The molecule has 1 aromatic heterocycles. The van der Waals surface area contributed by atoms with Gasteiger partial charge in [-0.2, -0.15) is 0 Å². The Morgan fingerprint density at radius 3 is 2.82 bits per heavy atom. The Morgan fingerprint density at radius 1 is 1.29 bits per heavy atom. The zero-order valence-corrected chi connectivity index (χ0v) is 16.8. The lowest BCUT2D eigenvalue weighted by molar-refractivity contribution is -0.118. The van der Waals surface area contributed by atoms with Gasteiger partial charge in [-0.3, -0.25) is 9.59 Å². The summed E-state index contributed by atoms with van der Waals surface area (Å²) in [5, 5.41) is 12.0. The lowest BCUT2D eigenvalue weighted by Crippen LogP contribution is -2.23. The number of nitrogens with two attached hydrogens (primary N) is 1. The molecule has 1 fully saturated rings. The maximum absolute atomic E-state index is 12.7. The predicted octanol–water partition coefficient (Wildman–Crippen LogP) is 2.64. The number of benzene rings is 1. The van der Waals surface area contributed by atoms with Crippen LogP contribution in [0.15, 0.2) is 23.4 Å². The standard InChI is InChI=1S/C20H25N5O2S/c1-12(19(27)22-15-6-5-13-3-2-4-14(13)11-15)28-20-24-23-18(10-9-17(21)26)25(20)16-7-8-16/h5-6,11-12,16H,2-4,7-10H2,1H3,(H2,21,26)(H,22,27)/t12-/m1/s1. The monoisotopic (exact) mass is 399 g/mol. The van der Waals surface area contributed by atoms with Crippen molar-refractivity contribution in [3.63, 3.8) is 0 Å². The van der Waals surface area contributed by atoms with Gasteiger partial charge >= 0.3 is 0 Å². The third-order valence-electron chi connectivity index (χ3n) is 5.26. The molecule has 0 radical (unpaired) electrons. The molecule has 28 heavy (non-hydrogen) atoms. The molecule has 1 saturated carbocycles. The van der Waals surface area contributed by atoms with Gasteiger partial charge in [0.05, 0.1) is 5.25 Å². The number of rotatable bonds is 8. The third-order valence-corrected chi connectivity index (χ3v) is 6.32. The van der Waals surface area contributed by atoms with E-state index in [2.05, 4.69) is 32.2 Å². The van der Waals surface area contributed by atoms with Crippen molar-refractivity contribution in [2.45, 2.75) is 68.3 Å². The van der Waals surface area contributed by atoms with Gasteiger partial charge in [0.15, 0.2) is 5.16 Å². The van der Waals surface area contributed by atoms with E-state index in [0.717, 1.165) is 42.4 Å². The highest BCUT2D eigenvalue weighted by molar-refractivity contribution is 8.00. The molecule has 0 unspecified atom stereocenters. The molecule has 0 spiro atoms. The molecule has 1 aromatic carbocycles. The average Bonchev–Trinajstić information content (AvgIpc) is 3.25. The van der Waals surface area contributed by atoms with Crippen LogP contribution in [0.2, 0.25) is 0 Å². The first kappa shape index (κ1) is 19.0. The first-order valence-electron chi connectivity index (χ1n) is 9.82. The highest BCUT2D eigenvalue weighted by Crippen LogP contribution is 2.39. The molecule has 2 amide bonds. The molecule has 0 aliphatic heterocycles. The number of aromatic nitrogens is 3. The summed E-state index contributed by atoms with van der Waals surface area (Å²) in [5.41, 5.74) is 8.84. The Kier molecular flexibility index (Phi) is 5.39. The maximum atomic E-state index is 12.7.